The van der Waals surface area contributed by atoms with Crippen LogP contribution in [0.2, 0.25) is 0 Å². The van der Waals surface area contributed by atoms with Crippen LogP contribution >= 0.6 is 0 Å². The van der Waals surface area contributed by atoms with Gasteiger partial charge in [0.2, 0.25) is 0 Å². The third-order valence-corrected chi connectivity index (χ3v) is 5.42. The highest BCUT2D eigenvalue weighted by Gasteiger charge is 2.52. The summed E-state index contributed by atoms with van der Waals surface area (Å²) in [6.45, 7) is 1.38. The van der Waals surface area contributed by atoms with Gasteiger partial charge in [0.25, 0.3) is 11.6 Å². The van der Waals surface area contributed by atoms with Crippen molar-refractivity contribution in [1.82, 2.24) is 0 Å². The van der Waals surface area contributed by atoms with E-state index in [-0.39, 0.29) is 17.0 Å². The van der Waals surface area contributed by atoms with Crippen molar-refractivity contribution < 1.29 is 36.1 Å². The highest BCUT2D eigenvalue weighted by molar-refractivity contribution is 5.96. The second-order valence-electron chi connectivity index (χ2n) is 6.85. The van der Waals surface area contributed by atoms with Crippen LogP contribution in [0.25, 0.3) is 0 Å². The molecule has 0 saturated heterocycles. The number of aliphatic hydroxyl groups is 1. The largest absolute Gasteiger partial charge is 1.00 e. The number of halogens is 1. The lowest BCUT2D eigenvalue weighted by atomic mass is 10.0. The molecule has 2 aromatic carbocycles. The van der Waals surface area contributed by atoms with Gasteiger partial charge in [0.15, 0.2) is 6.54 Å². The molecule has 144 valence electrons. The molecule has 2 heterocycles. The van der Waals surface area contributed by atoms with E-state index in [0.717, 1.165) is 48.6 Å². The lowest BCUT2D eigenvalue weighted by molar-refractivity contribution is -0.661. The molecule has 1 N–H and O–H groups in total. The Balaban J connectivity index is 0.00000210. The predicted molar refractivity (Wildman–Crippen MR) is 101 cm³/mol. The molecule has 27 heavy (non-hydrogen) atoms. The van der Waals surface area contributed by atoms with E-state index in [1.54, 1.807) is 14.2 Å². The highest BCUT2D eigenvalue weighted by Crippen LogP contribution is 2.36. The van der Waals surface area contributed by atoms with Gasteiger partial charge < -0.3 is 31.6 Å². The summed E-state index contributed by atoms with van der Waals surface area (Å²) in [5.74, 6) is 2.83. The number of rotatable bonds is 4. The Labute approximate surface area is 170 Å². The molecule has 2 aromatic rings. The third kappa shape index (κ3) is 3.44. The number of nitrogens with zero attached hydrogens (tertiary/aromatic N) is 2. The molecule has 1 atom stereocenters. The van der Waals surface area contributed by atoms with Gasteiger partial charge in [-0.05, 0) is 61.4 Å². The van der Waals surface area contributed by atoms with Crippen molar-refractivity contribution in [3.8, 4) is 11.5 Å². The number of anilines is 1. The van der Waals surface area contributed by atoms with Gasteiger partial charge in [0, 0.05) is 12.0 Å². The third-order valence-electron chi connectivity index (χ3n) is 5.42. The summed E-state index contributed by atoms with van der Waals surface area (Å²) in [7, 11) is 3.33. The van der Waals surface area contributed by atoms with Crippen molar-refractivity contribution in [1.29, 1.82) is 0 Å². The quantitative estimate of drug-likeness (QED) is 0.689. The average Bonchev–Trinajstić information content (AvgIpc) is 3.02. The molecule has 6 heteroatoms. The smallest absolute Gasteiger partial charge is 0.271 e. The first-order valence-corrected chi connectivity index (χ1v) is 9.08. The summed E-state index contributed by atoms with van der Waals surface area (Å²) in [6, 6.07) is 15.8. The van der Waals surface area contributed by atoms with Crippen LogP contribution in [0.15, 0.2) is 48.5 Å². The predicted octanol–water partition coefficient (Wildman–Crippen LogP) is -0.0320. The SMILES string of the molecule is COc1ccc(N2CC(O)(c3ccc(OC)cc3)[N+]3=C2CCCC3)cc1.[Br-]. The highest BCUT2D eigenvalue weighted by atomic mass is 79.9. The Bertz CT molecular complexity index is 820. The minimum Gasteiger partial charge on any atom is -1.00 e. The van der Waals surface area contributed by atoms with E-state index in [2.05, 4.69) is 21.6 Å². The van der Waals surface area contributed by atoms with Gasteiger partial charge in [0.05, 0.1) is 20.8 Å². The molecular weight excluding hydrogens is 408 g/mol. The van der Waals surface area contributed by atoms with Crippen molar-refractivity contribution in [2.45, 2.75) is 25.0 Å². The van der Waals surface area contributed by atoms with E-state index in [9.17, 15) is 5.11 Å². The number of hydrogen-bond donors (Lipinski definition) is 1. The first-order valence-electron chi connectivity index (χ1n) is 9.08. The first-order chi connectivity index (χ1) is 12.7. The molecule has 0 radical (unpaired) electrons. The number of hydrogen-bond acceptors (Lipinski definition) is 4. The van der Waals surface area contributed by atoms with E-state index >= 15 is 0 Å². The van der Waals surface area contributed by atoms with Crippen LogP contribution in [-0.2, 0) is 5.72 Å². The summed E-state index contributed by atoms with van der Waals surface area (Å²) in [5.41, 5.74) is 0.952. The van der Waals surface area contributed by atoms with Crippen LogP contribution in [0.1, 0.15) is 24.8 Å². The monoisotopic (exact) mass is 432 g/mol. The van der Waals surface area contributed by atoms with Crippen LogP contribution in [0.4, 0.5) is 5.69 Å². The molecule has 0 amide bonds. The Morgan fingerprint density at radius 3 is 2.11 bits per heavy atom. The van der Waals surface area contributed by atoms with Gasteiger partial charge in [-0.3, -0.25) is 0 Å². The molecule has 1 unspecified atom stereocenters. The van der Waals surface area contributed by atoms with E-state index in [1.165, 1.54) is 5.84 Å². The fraction of sp³-hybridized carbons (Fsp3) is 0.381. The molecule has 2 aliphatic heterocycles. The maximum absolute atomic E-state index is 11.7. The minimum absolute atomic E-state index is 0. The summed E-state index contributed by atoms with van der Waals surface area (Å²) in [6.07, 6.45) is 3.22. The first kappa shape index (κ1) is 19.7. The molecule has 0 bridgehead atoms. The molecule has 0 fully saturated rings. The second-order valence-corrected chi connectivity index (χ2v) is 6.85. The number of amidine groups is 1. The second kappa shape index (κ2) is 7.90. The van der Waals surface area contributed by atoms with Crippen molar-refractivity contribution >= 4 is 11.5 Å². The molecule has 0 aliphatic carbocycles. The Hall–Kier alpha value is -2.05. The Morgan fingerprint density at radius 1 is 0.926 bits per heavy atom. The lowest BCUT2D eigenvalue weighted by Gasteiger charge is -2.24. The molecule has 2 aliphatic rings. The number of β-amino-alcohol motifs (C(OH)–C–C–N with tert-alkyl or cyclic N) is 1. The van der Waals surface area contributed by atoms with Gasteiger partial charge in [0.1, 0.15) is 17.2 Å². The van der Waals surface area contributed by atoms with Crippen LogP contribution in [-0.4, -0.2) is 42.8 Å². The lowest BCUT2D eigenvalue weighted by Crippen LogP contribution is -3.00. The molecule has 0 aromatic heterocycles. The maximum Gasteiger partial charge on any atom is 0.271 e. The van der Waals surface area contributed by atoms with Gasteiger partial charge in [-0.15, -0.1) is 0 Å². The maximum atomic E-state index is 11.7. The fourth-order valence-corrected chi connectivity index (χ4v) is 4.00. The number of benzene rings is 2. The minimum atomic E-state index is -1.03. The van der Waals surface area contributed by atoms with E-state index in [0.29, 0.717) is 6.54 Å². The molecular formula is C21H25BrN2O3. The van der Waals surface area contributed by atoms with Crippen molar-refractivity contribution in [2.24, 2.45) is 0 Å². The molecule has 5 nitrogen and oxygen atoms in total. The van der Waals surface area contributed by atoms with Crippen molar-refractivity contribution in [3.05, 3.63) is 54.1 Å². The van der Waals surface area contributed by atoms with Crippen molar-refractivity contribution in [3.63, 3.8) is 0 Å². The topological polar surface area (TPSA) is 44.9 Å². The summed E-state index contributed by atoms with van der Waals surface area (Å²) in [4.78, 5) is 2.24. The Kier molecular flexibility index (Phi) is 5.77. The van der Waals surface area contributed by atoms with Gasteiger partial charge in [-0.2, -0.15) is 0 Å². The van der Waals surface area contributed by atoms with Gasteiger partial charge in [-0.25, -0.2) is 9.48 Å². The van der Waals surface area contributed by atoms with Crippen LogP contribution in [0.5, 0.6) is 11.5 Å². The average molecular weight is 433 g/mol. The summed E-state index contributed by atoms with van der Waals surface area (Å²) >= 11 is 0. The molecule has 0 spiro atoms. The molecule has 0 saturated carbocycles. The molecule has 4 rings (SSSR count). The fourth-order valence-electron chi connectivity index (χ4n) is 4.00. The van der Waals surface area contributed by atoms with E-state index in [4.69, 9.17) is 9.47 Å². The van der Waals surface area contributed by atoms with E-state index in [1.807, 2.05) is 36.4 Å². The number of ether oxygens (including phenoxy) is 2. The normalized spacial score (nSPS) is 21.5. The van der Waals surface area contributed by atoms with Crippen molar-refractivity contribution in [2.75, 3.05) is 32.2 Å². The Morgan fingerprint density at radius 2 is 1.52 bits per heavy atom. The summed E-state index contributed by atoms with van der Waals surface area (Å²) < 4.78 is 12.7. The summed E-state index contributed by atoms with van der Waals surface area (Å²) in [5, 5.41) is 11.7. The zero-order valence-corrected chi connectivity index (χ0v) is 17.3. The van der Waals surface area contributed by atoms with Gasteiger partial charge in [-0.1, -0.05) is 0 Å². The number of methoxy groups -OCH3 is 2. The van der Waals surface area contributed by atoms with Gasteiger partial charge >= 0.3 is 0 Å². The standard InChI is InChI=1S/C21H25N2O3.BrH/c1-25-18-10-6-16(7-11-18)21(24)15-22(20-5-3-4-14-23(20)21)17-8-12-19(26-2)13-9-17;/h6-13,24H,3-5,14-15H2,1-2H3;1H/q+1;/p-1. The van der Waals surface area contributed by atoms with Crippen LogP contribution < -0.4 is 31.4 Å². The van der Waals surface area contributed by atoms with E-state index < -0.39 is 5.72 Å². The van der Waals surface area contributed by atoms with Crippen LogP contribution in [0, 0.1) is 0 Å². The van der Waals surface area contributed by atoms with Crippen LogP contribution in [0.3, 0.4) is 0 Å². The zero-order chi connectivity index (χ0) is 18.1. The zero-order valence-electron chi connectivity index (χ0n) is 15.7.